The predicted octanol–water partition coefficient (Wildman–Crippen LogP) is 5.10. The smallest absolute Gasteiger partial charge is 0.305 e. The van der Waals surface area contributed by atoms with Crippen LogP contribution in [0.1, 0.15) is 85.0 Å². The van der Waals surface area contributed by atoms with Gasteiger partial charge < -0.3 is 14.2 Å². The van der Waals surface area contributed by atoms with E-state index in [1.165, 1.54) is 45.6 Å². The van der Waals surface area contributed by atoms with Crippen molar-refractivity contribution >= 4 is 5.97 Å². The first-order valence-electron chi connectivity index (χ1n) is 9.98. The van der Waals surface area contributed by atoms with Crippen LogP contribution in [-0.4, -0.2) is 32.1 Å². The molecule has 0 aromatic rings. The van der Waals surface area contributed by atoms with Crippen molar-refractivity contribution in [3.8, 4) is 0 Å². The minimum atomic E-state index is -0.494. The average molecular weight is 343 g/mol. The number of methoxy groups -OCH3 is 1. The Kier molecular flexibility index (Phi) is 10.6. The maximum atomic E-state index is 11.8. The van der Waals surface area contributed by atoms with Crippen LogP contribution in [0.25, 0.3) is 0 Å². The van der Waals surface area contributed by atoms with Crippen molar-refractivity contribution in [3.05, 3.63) is 0 Å². The van der Waals surface area contributed by atoms with Crippen LogP contribution in [0, 0.1) is 11.8 Å². The molecule has 142 valence electrons. The van der Waals surface area contributed by atoms with Crippen molar-refractivity contribution in [2.24, 2.45) is 11.8 Å². The first kappa shape index (κ1) is 21.4. The van der Waals surface area contributed by atoms with E-state index in [4.69, 9.17) is 14.2 Å². The lowest BCUT2D eigenvalue weighted by atomic mass is 9.85. The minimum Gasteiger partial charge on any atom is -0.469 e. The molecule has 0 aromatic carbocycles. The number of carbonyl (C=O) groups excluding carboxylic acids is 1. The van der Waals surface area contributed by atoms with E-state index in [0.717, 1.165) is 19.3 Å². The van der Waals surface area contributed by atoms with Crippen molar-refractivity contribution in [2.45, 2.75) is 90.8 Å². The summed E-state index contributed by atoms with van der Waals surface area (Å²) in [4.78, 5) is 11.8. The molecular weight excluding hydrogens is 304 g/mol. The fourth-order valence-electron chi connectivity index (χ4n) is 4.16. The van der Waals surface area contributed by atoms with E-state index < -0.39 is 5.79 Å². The lowest BCUT2D eigenvalue weighted by Crippen LogP contribution is -2.42. The molecule has 24 heavy (non-hydrogen) atoms. The van der Waals surface area contributed by atoms with Crippen LogP contribution in [0.5, 0.6) is 0 Å². The van der Waals surface area contributed by atoms with Crippen LogP contribution in [0.15, 0.2) is 0 Å². The number of unbranched alkanes of at least 4 members (excludes halogenated alkanes) is 5. The summed E-state index contributed by atoms with van der Waals surface area (Å²) in [5.41, 5.74) is 0. The van der Waals surface area contributed by atoms with E-state index >= 15 is 0 Å². The highest BCUT2D eigenvalue weighted by molar-refractivity contribution is 5.69. The number of ether oxygens (including phenoxy) is 3. The van der Waals surface area contributed by atoms with Crippen LogP contribution in [-0.2, 0) is 19.0 Å². The summed E-state index contributed by atoms with van der Waals surface area (Å²) in [6.45, 7) is 7.59. The summed E-state index contributed by atoms with van der Waals surface area (Å²) >= 11 is 0. The molecule has 4 nitrogen and oxygen atoms in total. The number of esters is 1. The van der Waals surface area contributed by atoms with Gasteiger partial charge in [0, 0.05) is 32.0 Å². The molecule has 1 aliphatic rings. The van der Waals surface area contributed by atoms with Gasteiger partial charge in [-0.1, -0.05) is 45.4 Å². The molecule has 1 saturated carbocycles. The second kappa shape index (κ2) is 11.9. The third-order valence-electron chi connectivity index (χ3n) is 5.30. The lowest BCUT2D eigenvalue weighted by molar-refractivity contribution is -0.257. The fourth-order valence-corrected chi connectivity index (χ4v) is 4.16. The molecule has 0 aliphatic heterocycles. The number of rotatable bonds is 13. The molecule has 0 radical (unpaired) electrons. The second-order valence-electron chi connectivity index (χ2n) is 6.92. The summed E-state index contributed by atoms with van der Waals surface area (Å²) in [6, 6.07) is 0. The summed E-state index contributed by atoms with van der Waals surface area (Å²) in [5, 5.41) is 0. The zero-order chi connectivity index (χ0) is 17.8. The highest BCUT2D eigenvalue weighted by atomic mass is 16.7. The van der Waals surface area contributed by atoms with Crippen molar-refractivity contribution in [2.75, 3.05) is 20.3 Å². The summed E-state index contributed by atoms with van der Waals surface area (Å²) in [5.74, 6) is -0.00313. The maximum Gasteiger partial charge on any atom is 0.305 e. The second-order valence-corrected chi connectivity index (χ2v) is 6.92. The Morgan fingerprint density at radius 1 is 1.00 bits per heavy atom. The molecule has 0 spiro atoms. The molecule has 0 bridgehead atoms. The summed E-state index contributed by atoms with van der Waals surface area (Å²) in [6.07, 6.45) is 11.1. The Morgan fingerprint density at radius 3 is 2.21 bits per heavy atom. The summed E-state index contributed by atoms with van der Waals surface area (Å²) in [7, 11) is 1.47. The monoisotopic (exact) mass is 342 g/mol. The van der Waals surface area contributed by atoms with Gasteiger partial charge in [-0.25, -0.2) is 0 Å². The Balaban J connectivity index is 2.66. The van der Waals surface area contributed by atoms with Gasteiger partial charge in [-0.2, -0.15) is 0 Å². The van der Waals surface area contributed by atoms with E-state index in [2.05, 4.69) is 6.92 Å². The van der Waals surface area contributed by atoms with Crippen LogP contribution >= 0.6 is 0 Å². The van der Waals surface area contributed by atoms with E-state index in [1.807, 2.05) is 13.8 Å². The first-order chi connectivity index (χ1) is 11.6. The van der Waals surface area contributed by atoms with Gasteiger partial charge in [-0.3, -0.25) is 4.79 Å². The predicted molar refractivity (Wildman–Crippen MR) is 96.8 cm³/mol. The van der Waals surface area contributed by atoms with Gasteiger partial charge in [0.15, 0.2) is 5.79 Å². The molecule has 1 fully saturated rings. The molecule has 0 amide bonds. The number of hydrogen-bond acceptors (Lipinski definition) is 4. The maximum absolute atomic E-state index is 11.8. The van der Waals surface area contributed by atoms with Crippen molar-refractivity contribution in [1.82, 2.24) is 0 Å². The Bertz CT molecular complexity index is 337. The molecule has 0 heterocycles. The van der Waals surface area contributed by atoms with E-state index in [-0.39, 0.29) is 5.97 Å². The van der Waals surface area contributed by atoms with Gasteiger partial charge in [0.25, 0.3) is 0 Å². The zero-order valence-corrected chi connectivity index (χ0v) is 16.3. The highest BCUT2D eigenvalue weighted by Crippen LogP contribution is 2.48. The van der Waals surface area contributed by atoms with Crippen LogP contribution < -0.4 is 0 Å². The fraction of sp³-hybridized carbons (Fsp3) is 0.950. The van der Waals surface area contributed by atoms with Gasteiger partial charge in [0.05, 0.1) is 7.11 Å². The van der Waals surface area contributed by atoms with E-state index in [9.17, 15) is 4.79 Å². The van der Waals surface area contributed by atoms with E-state index in [0.29, 0.717) is 31.5 Å². The van der Waals surface area contributed by atoms with Crippen molar-refractivity contribution < 1.29 is 19.0 Å². The lowest BCUT2D eigenvalue weighted by Gasteiger charge is -2.37. The van der Waals surface area contributed by atoms with Crippen LogP contribution in [0.4, 0.5) is 0 Å². The van der Waals surface area contributed by atoms with Crippen molar-refractivity contribution in [1.29, 1.82) is 0 Å². The molecule has 0 N–H and O–H groups in total. The molecule has 0 aromatic heterocycles. The minimum absolute atomic E-state index is 0.114. The molecule has 1 aliphatic carbocycles. The first-order valence-corrected chi connectivity index (χ1v) is 9.98. The molecule has 2 unspecified atom stereocenters. The number of hydrogen-bond donors (Lipinski definition) is 0. The molecule has 2 atom stereocenters. The van der Waals surface area contributed by atoms with Crippen molar-refractivity contribution in [3.63, 3.8) is 0 Å². The SMILES string of the molecule is CCCCCCCCC1C(CC(=O)OC)CCC1(OCC)OCC. The molecule has 1 rings (SSSR count). The third-order valence-corrected chi connectivity index (χ3v) is 5.30. The Hall–Kier alpha value is -0.610. The summed E-state index contributed by atoms with van der Waals surface area (Å²) < 4.78 is 17.1. The zero-order valence-electron chi connectivity index (χ0n) is 16.3. The largest absolute Gasteiger partial charge is 0.469 e. The quantitative estimate of drug-likeness (QED) is 0.265. The molecule has 0 saturated heterocycles. The van der Waals surface area contributed by atoms with Crippen LogP contribution in [0.3, 0.4) is 0 Å². The van der Waals surface area contributed by atoms with Gasteiger partial charge >= 0.3 is 5.97 Å². The third kappa shape index (κ3) is 6.36. The van der Waals surface area contributed by atoms with Crippen LogP contribution in [0.2, 0.25) is 0 Å². The standard InChI is InChI=1S/C20H38O4/c1-5-8-9-10-11-12-13-18-17(16-19(21)22-4)14-15-20(18,23-6-2)24-7-3/h17-18H,5-16H2,1-4H3. The average Bonchev–Trinajstić information content (AvgIpc) is 2.89. The molecular formula is C20H38O4. The van der Waals surface area contributed by atoms with Gasteiger partial charge in [-0.15, -0.1) is 0 Å². The van der Waals surface area contributed by atoms with Gasteiger partial charge in [0.1, 0.15) is 0 Å². The normalized spacial score (nSPS) is 22.7. The number of carbonyl (C=O) groups is 1. The van der Waals surface area contributed by atoms with Gasteiger partial charge in [0.2, 0.25) is 0 Å². The highest BCUT2D eigenvalue weighted by Gasteiger charge is 2.50. The molecule has 4 heteroatoms. The topological polar surface area (TPSA) is 44.8 Å². The van der Waals surface area contributed by atoms with Gasteiger partial charge in [-0.05, 0) is 32.6 Å². The van der Waals surface area contributed by atoms with E-state index in [1.54, 1.807) is 0 Å². The Labute approximate surface area is 148 Å². The Morgan fingerprint density at radius 2 is 1.62 bits per heavy atom.